The molecular weight excluding hydrogens is 464 g/mol. The fourth-order valence-corrected chi connectivity index (χ4v) is 4.57. The Morgan fingerprint density at radius 1 is 1.23 bits per heavy atom. The van der Waals surface area contributed by atoms with Gasteiger partial charge in [-0.15, -0.1) is 5.10 Å². The van der Waals surface area contributed by atoms with E-state index in [1.807, 2.05) is 49.4 Å². The van der Waals surface area contributed by atoms with Gasteiger partial charge in [0, 0.05) is 15.9 Å². The lowest BCUT2D eigenvalue weighted by molar-refractivity contribution is -0.139. The van der Waals surface area contributed by atoms with Gasteiger partial charge >= 0.3 is 5.97 Å². The summed E-state index contributed by atoms with van der Waals surface area (Å²) in [5.41, 5.74) is 3.39. The van der Waals surface area contributed by atoms with Crippen molar-refractivity contribution in [3.63, 3.8) is 0 Å². The zero-order chi connectivity index (χ0) is 21.1. The second-order valence-corrected chi connectivity index (χ2v) is 8.64. The number of hydrogen-bond acceptors (Lipinski definition) is 6. The summed E-state index contributed by atoms with van der Waals surface area (Å²) >= 11 is 5.09. The van der Waals surface area contributed by atoms with Crippen molar-refractivity contribution in [3.05, 3.63) is 81.5 Å². The van der Waals surface area contributed by atoms with Crippen LogP contribution in [0.25, 0.3) is 0 Å². The Balaban J connectivity index is 1.71. The summed E-state index contributed by atoms with van der Waals surface area (Å²) in [5, 5.41) is 8.61. The number of nitrogens with one attached hydrogen (secondary N) is 1. The third kappa shape index (κ3) is 4.29. The van der Waals surface area contributed by atoms with E-state index >= 15 is 0 Å². The third-order valence-corrected chi connectivity index (χ3v) is 6.11. The summed E-state index contributed by atoms with van der Waals surface area (Å²) in [6.45, 7) is 3.98. The van der Waals surface area contributed by atoms with Crippen LogP contribution in [0, 0.1) is 0 Å². The van der Waals surface area contributed by atoms with E-state index in [2.05, 4.69) is 38.4 Å². The lowest BCUT2D eigenvalue weighted by Crippen LogP contribution is -2.29. The molecule has 0 saturated carbocycles. The molecule has 0 unspecified atom stereocenters. The minimum atomic E-state index is -0.420. The predicted octanol–water partition coefficient (Wildman–Crippen LogP) is 5.18. The number of allylic oxidation sites excluding steroid dienone is 1. The van der Waals surface area contributed by atoms with E-state index in [9.17, 15) is 4.79 Å². The number of fused-ring (bicyclic) bond motifs is 1. The fraction of sp³-hybridized carbons (Fsp3) is 0.227. The first-order valence-electron chi connectivity index (χ1n) is 9.60. The van der Waals surface area contributed by atoms with Gasteiger partial charge in [-0.25, -0.2) is 9.48 Å². The molecule has 1 aliphatic heterocycles. The molecule has 1 aliphatic rings. The van der Waals surface area contributed by atoms with Crippen molar-refractivity contribution in [1.29, 1.82) is 0 Å². The van der Waals surface area contributed by atoms with Gasteiger partial charge in [0.05, 0.1) is 12.2 Å². The largest absolute Gasteiger partial charge is 0.463 e. The standard InChI is InChI=1S/C22H21BrN4O2S/c1-3-29-20(28)18-14(2)24-21-25-22(30-13-15-8-5-4-6-9-15)26-27(21)19(18)16-10-7-11-17(23)12-16/h4-12,19H,3,13H2,1-2H3,(H,24,25,26)/t19-/m1/s1. The lowest BCUT2D eigenvalue weighted by atomic mass is 9.96. The van der Waals surface area contributed by atoms with Crippen LogP contribution in [0.15, 0.2) is 75.5 Å². The average Bonchev–Trinajstić information content (AvgIpc) is 3.14. The molecule has 0 spiro atoms. The van der Waals surface area contributed by atoms with Crippen LogP contribution in [0.3, 0.4) is 0 Å². The number of esters is 1. The highest BCUT2D eigenvalue weighted by Crippen LogP contribution is 2.37. The van der Waals surface area contributed by atoms with E-state index in [4.69, 9.17) is 9.84 Å². The maximum absolute atomic E-state index is 12.8. The van der Waals surface area contributed by atoms with Crippen molar-refractivity contribution >= 4 is 39.6 Å². The number of thioether (sulfide) groups is 1. The third-order valence-electron chi connectivity index (χ3n) is 4.70. The molecule has 1 atom stereocenters. The van der Waals surface area contributed by atoms with Gasteiger partial charge in [-0.05, 0) is 37.1 Å². The molecule has 0 amide bonds. The molecule has 2 heterocycles. The van der Waals surface area contributed by atoms with Crippen LogP contribution < -0.4 is 5.32 Å². The highest BCUT2D eigenvalue weighted by molar-refractivity contribution is 9.10. The first kappa shape index (κ1) is 20.7. The molecule has 6 nitrogen and oxygen atoms in total. The summed E-state index contributed by atoms with van der Waals surface area (Å²) in [4.78, 5) is 17.5. The van der Waals surface area contributed by atoms with Crippen LogP contribution >= 0.6 is 27.7 Å². The van der Waals surface area contributed by atoms with Gasteiger partial charge in [0.25, 0.3) is 0 Å². The number of aromatic nitrogens is 3. The van der Waals surface area contributed by atoms with Gasteiger partial charge in [0.1, 0.15) is 6.04 Å². The molecule has 0 radical (unpaired) electrons. The van der Waals surface area contributed by atoms with E-state index in [1.165, 1.54) is 5.56 Å². The Kier molecular flexibility index (Phi) is 6.24. The van der Waals surface area contributed by atoms with E-state index in [0.29, 0.717) is 23.3 Å². The number of carbonyl (C=O) groups is 1. The topological polar surface area (TPSA) is 69.0 Å². The van der Waals surface area contributed by atoms with Gasteiger partial charge < -0.3 is 10.1 Å². The number of rotatable bonds is 6. The SMILES string of the molecule is CCOC(=O)C1=C(C)Nc2nc(SCc3ccccc3)nn2[C@@H]1c1cccc(Br)c1. The van der Waals surface area contributed by atoms with E-state index in [1.54, 1.807) is 23.4 Å². The molecule has 30 heavy (non-hydrogen) atoms. The molecule has 0 bridgehead atoms. The van der Waals surface area contributed by atoms with E-state index < -0.39 is 6.04 Å². The minimum absolute atomic E-state index is 0.309. The van der Waals surface area contributed by atoms with Gasteiger partial charge in [0.2, 0.25) is 11.1 Å². The lowest BCUT2D eigenvalue weighted by Gasteiger charge is -2.28. The molecule has 3 aromatic rings. The van der Waals surface area contributed by atoms with Crippen molar-refractivity contribution in [3.8, 4) is 0 Å². The van der Waals surface area contributed by atoms with E-state index in [-0.39, 0.29) is 5.97 Å². The Hall–Kier alpha value is -2.58. The van der Waals surface area contributed by atoms with Gasteiger partial charge in [-0.3, -0.25) is 0 Å². The Morgan fingerprint density at radius 2 is 2.03 bits per heavy atom. The second-order valence-electron chi connectivity index (χ2n) is 6.78. The van der Waals surface area contributed by atoms with Gasteiger partial charge in [-0.1, -0.05) is 70.2 Å². The molecular formula is C22H21BrN4O2S. The second kappa shape index (κ2) is 9.06. The first-order chi connectivity index (χ1) is 14.6. The fourth-order valence-electron chi connectivity index (χ4n) is 3.37. The van der Waals surface area contributed by atoms with Crippen LogP contribution in [-0.4, -0.2) is 27.3 Å². The molecule has 0 fully saturated rings. The van der Waals surface area contributed by atoms with Crippen molar-refractivity contribution in [2.75, 3.05) is 11.9 Å². The highest BCUT2D eigenvalue weighted by atomic mass is 79.9. The number of anilines is 1. The Labute approximate surface area is 187 Å². The van der Waals surface area contributed by atoms with Crippen LogP contribution in [0.4, 0.5) is 5.95 Å². The quantitative estimate of drug-likeness (QED) is 0.383. The molecule has 154 valence electrons. The monoisotopic (exact) mass is 484 g/mol. The van der Waals surface area contributed by atoms with Crippen molar-refractivity contribution in [2.24, 2.45) is 0 Å². The van der Waals surface area contributed by atoms with Gasteiger partial charge in [-0.2, -0.15) is 4.98 Å². The summed E-state index contributed by atoms with van der Waals surface area (Å²) < 4.78 is 8.05. The maximum Gasteiger partial charge on any atom is 0.338 e. The zero-order valence-corrected chi connectivity index (χ0v) is 19.0. The molecule has 0 saturated heterocycles. The van der Waals surface area contributed by atoms with E-state index in [0.717, 1.165) is 21.5 Å². The highest BCUT2D eigenvalue weighted by Gasteiger charge is 2.35. The molecule has 1 N–H and O–H groups in total. The van der Waals surface area contributed by atoms with Crippen LogP contribution in [0.2, 0.25) is 0 Å². The number of benzene rings is 2. The summed E-state index contributed by atoms with van der Waals surface area (Å²) in [5.74, 6) is 1.02. The summed E-state index contributed by atoms with van der Waals surface area (Å²) in [6, 6.07) is 17.6. The number of ether oxygens (including phenoxy) is 1. The van der Waals surface area contributed by atoms with Gasteiger partial charge in [0.15, 0.2) is 0 Å². The summed E-state index contributed by atoms with van der Waals surface area (Å²) in [7, 11) is 0. The number of nitrogens with zero attached hydrogens (tertiary/aromatic N) is 3. The predicted molar refractivity (Wildman–Crippen MR) is 121 cm³/mol. The number of halogens is 1. The molecule has 4 rings (SSSR count). The Bertz CT molecular complexity index is 1100. The smallest absolute Gasteiger partial charge is 0.338 e. The zero-order valence-electron chi connectivity index (χ0n) is 16.6. The molecule has 2 aromatic carbocycles. The van der Waals surface area contributed by atoms with Crippen molar-refractivity contribution < 1.29 is 9.53 Å². The summed E-state index contributed by atoms with van der Waals surface area (Å²) in [6.07, 6.45) is 0. The van der Waals surface area contributed by atoms with Crippen LogP contribution in [0.5, 0.6) is 0 Å². The normalized spacial score (nSPS) is 15.5. The minimum Gasteiger partial charge on any atom is -0.463 e. The van der Waals surface area contributed by atoms with Crippen molar-refractivity contribution in [2.45, 2.75) is 30.8 Å². The molecule has 0 aliphatic carbocycles. The van der Waals surface area contributed by atoms with Crippen LogP contribution in [-0.2, 0) is 15.3 Å². The van der Waals surface area contributed by atoms with Crippen molar-refractivity contribution in [1.82, 2.24) is 14.8 Å². The van der Waals surface area contributed by atoms with Crippen LogP contribution in [0.1, 0.15) is 31.0 Å². The number of hydrogen-bond donors (Lipinski definition) is 1. The first-order valence-corrected chi connectivity index (χ1v) is 11.4. The maximum atomic E-state index is 12.8. The average molecular weight is 485 g/mol. The Morgan fingerprint density at radius 3 is 2.77 bits per heavy atom. The molecule has 8 heteroatoms. The molecule has 1 aromatic heterocycles. The number of carbonyl (C=O) groups excluding carboxylic acids is 1.